The van der Waals surface area contributed by atoms with Crippen molar-refractivity contribution in [2.45, 2.75) is 0 Å². The Morgan fingerprint density at radius 3 is 2.00 bits per heavy atom. The highest BCUT2D eigenvalue weighted by molar-refractivity contribution is 6.04. The van der Waals surface area contributed by atoms with Gasteiger partial charge in [0, 0.05) is 11.8 Å². The van der Waals surface area contributed by atoms with E-state index in [4.69, 9.17) is 5.73 Å². The van der Waals surface area contributed by atoms with E-state index in [9.17, 15) is 26.7 Å². The van der Waals surface area contributed by atoms with Crippen LogP contribution < -0.4 is 11.1 Å². The molecular weight excluding hydrogens is 295 g/mol. The van der Waals surface area contributed by atoms with Crippen molar-refractivity contribution in [2.75, 3.05) is 11.1 Å². The molecule has 0 aromatic heterocycles. The van der Waals surface area contributed by atoms with Crippen molar-refractivity contribution < 1.29 is 26.7 Å². The third-order valence-electron chi connectivity index (χ3n) is 2.59. The third kappa shape index (κ3) is 2.78. The molecular formula is C13H7F5N2O. The largest absolute Gasteiger partial charge is 0.399 e. The molecule has 0 spiro atoms. The number of benzene rings is 2. The van der Waals surface area contributed by atoms with Gasteiger partial charge in [0.25, 0.3) is 5.91 Å². The van der Waals surface area contributed by atoms with E-state index in [1.807, 2.05) is 0 Å². The third-order valence-corrected chi connectivity index (χ3v) is 2.59. The van der Waals surface area contributed by atoms with Crippen LogP contribution in [0.25, 0.3) is 0 Å². The van der Waals surface area contributed by atoms with Gasteiger partial charge < -0.3 is 11.1 Å². The molecule has 2 rings (SSSR count). The summed E-state index contributed by atoms with van der Waals surface area (Å²) in [5, 5.41) is 1.59. The van der Waals surface area contributed by atoms with E-state index in [0.29, 0.717) is 0 Å². The Labute approximate surface area is 115 Å². The number of rotatable bonds is 2. The van der Waals surface area contributed by atoms with Crippen molar-refractivity contribution in [3.8, 4) is 0 Å². The predicted molar refractivity (Wildman–Crippen MR) is 65.0 cm³/mol. The number of nitrogens with two attached hydrogens (primary N) is 1. The summed E-state index contributed by atoms with van der Waals surface area (Å²) in [6.07, 6.45) is 0. The molecule has 0 saturated carbocycles. The molecule has 3 N–H and O–H groups in total. The number of amides is 1. The number of anilines is 2. The minimum Gasteiger partial charge on any atom is -0.399 e. The van der Waals surface area contributed by atoms with Gasteiger partial charge in [-0.25, -0.2) is 22.0 Å². The van der Waals surface area contributed by atoms with Crippen molar-refractivity contribution in [2.24, 2.45) is 0 Å². The highest BCUT2D eigenvalue weighted by Crippen LogP contribution is 2.25. The molecule has 3 nitrogen and oxygen atoms in total. The van der Waals surface area contributed by atoms with Gasteiger partial charge in [0.2, 0.25) is 0 Å². The standard InChI is InChI=1S/C13H7F5N2O/c14-7-3-5(19)1-2-6(7)13(21)20-12-10(17)8(15)4-9(16)11(12)18/h1-4H,19H2,(H,20,21). The Kier molecular flexibility index (Phi) is 3.79. The van der Waals surface area contributed by atoms with Crippen LogP contribution in [0.15, 0.2) is 24.3 Å². The van der Waals surface area contributed by atoms with E-state index in [1.165, 1.54) is 6.07 Å². The lowest BCUT2D eigenvalue weighted by atomic mass is 10.1. The number of carbonyl (C=O) groups is 1. The molecule has 21 heavy (non-hydrogen) atoms. The summed E-state index contributed by atoms with van der Waals surface area (Å²) in [5.41, 5.74) is 3.37. The quantitative estimate of drug-likeness (QED) is 0.508. The minimum absolute atomic E-state index is 0.00980. The van der Waals surface area contributed by atoms with E-state index >= 15 is 0 Å². The maximum absolute atomic E-state index is 13.5. The average molecular weight is 302 g/mol. The van der Waals surface area contributed by atoms with Crippen LogP contribution in [-0.2, 0) is 0 Å². The summed E-state index contributed by atoms with van der Waals surface area (Å²) in [5.74, 6) is -9.30. The summed E-state index contributed by atoms with van der Waals surface area (Å²) in [4.78, 5) is 11.7. The molecule has 0 unspecified atom stereocenters. The van der Waals surface area contributed by atoms with Gasteiger partial charge >= 0.3 is 0 Å². The van der Waals surface area contributed by atoms with Crippen LogP contribution in [0.2, 0.25) is 0 Å². The second-order valence-corrected chi connectivity index (χ2v) is 4.04. The minimum atomic E-state index is -1.79. The number of halogens is 5. The summed E-state index contributed by atoms with van der Waals surface area (Å²) >= 11 is 0. The van der Waals surface area contributed by atoms with Crippen LogP contribution in [0, 0.1) is 29.1 Å². The zero-order valence-corrected chi connectivity index (χ0v) is 10.2. The van der Waals surface area contributed by atoms with Gasteiger partial charge in [0.15, 0.2) is 23.3 Å². The van der Waals surface area contributed by atoms with E-state index in [0.717, 1.165) is 12.1 Å². The van der Waals surface area contributed by atoms with Crippen LogP contribution in [0.1, 0.15) is 10.4 Å². The van der Waals surface area contributed by atoms with Gasteiger partial charge in [-0.15, -0.1) is 0 Å². The Balaban J connectivity index is 2.41. The molecule has 0 aliphatic heterocycles. The van der Waals surface area contributed by atoms with Crippen LogP contribution in [-0.4, -0.2) is 5.91 Å². The monoisotopic (exact) mass is 302 g/mol. The van der Waals surface area contributed by atoms with Gasteiger partial charge in [-0.3, -0.25) is 4.79 Å². The van der Waals surface area contributed by atoms with Gasteiger partial charge in [-0.2, -0.15) is 0 Å². The van der Waals surface area contributed by atoms with Crippen LogP contribution in [0.4, 0.5) is 33.3 Å². The van der Waals surface area contributed by atoms with Gasteiger partial charge in [-0.1, -0.05) is 0 Å². The van der Waals surface area contributed by atoms with Crippen LogP contribution in [0.3, 0.4) is 0 Å². The fourth-order valence-electron chi connectivity index (χ4n) is 1.58. The topological polar surface area (TPSA) is 55.1 Å². The molecule has 0 aliphatic carbocycles. The molecule has 0 fully saturated rings. The molecule has 1 amide bonds. The molecule has 110 valence electrons. The Morgan fingerprint density at radius 2 is 1.48 bits per heavy atom. The van der Waals surface area contributed by atoms with E-state index in [2.05, 4.69) is 0 Å². The molecule has 0 radical (unpaired) electrons. The van der Waals surface area contributed by atoms with Crippen molar-refractivity contribution >= 4 is 17.3 Å². The number of hydrogen-bond donors (Lipinski definition) is 2. The maximum Gasteiger partial charge on any atom is 0.258 e. The number of nitrogen functional groups attached to an aromatic ring is 1. The lowest BCUT2D eigenvalue weighted by Gasteiger charge is -2.09. The smallest absolute Gasteiger partial charge is 0.258 e. The van der Waals surface area contributed by atoms with E-state index in [-0.39, 0.29) is 11.8 Å². The summed E-state index contributed by atoms with van der Waals surface area (Å²) in [6, 6.07) is 2.94. The first kappa shape index (κ1) is 14.8. The zero-order valence-electron chi connectivity index (χ0n) is 10.2. The van der Waals surface area contributed by atoms with E-state index < -0.39 is 46.2 Å². The highest BCUT2D eigenvalue weighted by Gasteiger charge is 2.22. The fraction of sp³-hybridized carbons (Fsp3) is 0. The molecule has 2 aromatic carbocycles. The average Bonchev–Trinajstić information content (AvgIpc) is 2.41. The SMILES string of the molecule is Nc1ccc(C(=O)Nc2c(F)c(F)cc(F)c2F)c(F)c1. The maximum atomic E-state index is 13.5. The first-order chi connectivity index (χ1) is 9.81. The number of carbonyl (C=O) groups excluding carboxylic acids is 1. The molecule has 0 heterocycles. The van der Waals surface area contributed by atoms with Crippen LogP contribution in [0.5, 0.6) is 0 Å². The normalized spacial score (nSPS) is 10.5. The van der Waals surface area contributed by atoms with Gasteiger partial charge in [-0.05, 0) is 18.2 Å². The first-order valence-electron chi connectivity index (χ1n) is 5.50. The second kappa shape index (κ2) is 5.39. The van der Waals surface area contributed by atoms with Crippen molar-refractivity contribution in [3.05, 3.63) is 58.9 Å². The van der Waals surface area contributed by atoms with E-state index in [1.54, 1.807) is 5.32 Å². The summed E-state index contributed by atoms with van der Waals surface area (Å²) in [6.45, 7) is 0. The highest BCUT2D eigenvalue weighted by atomic mass is 19.2. The Morgan fingerprint density at radius 1 is 0.905 bits per heavy atom. The number of hydrogen-bond acceptors (Lipinski definition) is 2. The second-order valence-electron chi connectivity index (χ2n) is 4.04. The lowest BCUT2D eigenvalue weighted by Crippen LogP contribution is -2.17. The van der Waals surface area contributed by atoms with Crippen molar-refractivity contribution in [3.63, 3.8) is 0 Å². The first-order valence-corrected chi connectivity index (χ1v) is 5.50. The Bertz CT molecular complexity index is 707. The van der Waals surface area contributed by atoms with Crippen molar-refractivity contribution in [1.82, 2.24) is 0 Å². The molecule has 8 heteroatoms. The molecule has 0 bridgehead atoms. The van der Waals surface area contributed by atoms with Gasteiger partial charge in [0.1, 0.15) is 11.5 Å². The summed E-state index contributed by atoms with van der Waals surface area (Å²) in [7, 11) is 0. The van der Waals surface area contributed by atoms with Gasteiger partial charge in [0.05, 0.1) is 5.56 Å². The number of nitrogens with one attached hydrogen (secondary N) is 1. The van der Waals surface area contributed by atoms with Crippen molar-refractivity contribution in [1.29, 1.82) is 0 Å². The zero-order chi connectivity index (χ0) is 15.7. The molecule has 2 aromatic rings. The summed E-state index contributed by atoms with van der Waals surface area (Å²) < 4.78 is 66.2. The fourth-order valence-corrected chi connectivity index (χ4v) is 1.58. The van der Waals surface area contributed by atoms with Crippen LogP contribution >= 0.6 is 0 Å². The molecule has 0 saturated heterocycles. The predicted octanol–water partition coefficient (Wildman–Crippen LogP) is 3.22. The lowest BCUT2D eigenvalue weighted by molar-refractivity contribution is 0.102. The molecule has 0 atom stereocenters. The molecule has 0 aliphatic rings. The Hall–Kier alpha value is -2.64.